The third-order valence-electron chi connectivity index (χ3n) is 2.86. The molecular weight excluding hydrogens is 240 g/mol. The van der Waals surface area contributed by atoms with Crippen LogP contribution in [0.2, 0.25) is 0 Å². The van der Waals surface area contributed by atoms with E-state index in [-0.39, 0.29) is 11.9 Å². The van der Waals surface area contributed by atoms with Crippen molar-refractivity contribution >= 4 is 23.6 Å². The second-order valence-electron chi connectivity index (χ2n) is 4.36. The average molecular weight is 260 g/mol. The molecule has 1 amide bonds. The minimum atomic E-state index is -0.754. The number of rotatable bonds is 5. The van der Waals surface area contributed by atoms with Crippen molar-refractivity contribution in [3.05, 3.63) is 0 Å². The first-order valence-corrected chi connectivity index (χ1v) is 6.92. The van der Waals surface area contributed by atoms with Gasteiger partial charge in [0.25, 0.3) is 0 Å². The highest BCUT2D eigenvalue weighted by atomic mass is 32.2. The summed E-state index contributed by atoms with van der Waals surface area (Å²) in [6.07, 6.45) is 1.22. The molecule has 5 nitrogen and oxygen atoms in total. The van der Waals surface area contributed by atoms with Gasteiger partial charge < -0.3 is 10.0 Å². The van der Waals surface area contributed by atoms with Crippen LogP contribution in [0.5, 0.6) is 0 Å². The van der Waals surface area contributed by atoms with Gasteiger partial charge in [-0.25, -0.2) is 0 Å². The van der Waals surface area contributed by atoms with Gasteiger partial charge in [-0.05, 0) is 13.0 Å². The fraction of sp³-hybridized carbons (Fsp3) is 0.818. The lowest BCUT2D eigenvalue weighted by molar-refractivity contribution is -0.142. The summed E-state index contributed by atoms with van der Waals surface area (Å²) in [4.78, 5) is 26.0. The zero-order chi connectivity index (χ0) is 12.8. The molecule has 1 aliphatic rings. The molecule has 1 saturated heterocycles. The van der Waals surface area contributed by atoms with Gasteiger partial charge in [0.05, 0.1) is 0 Å². The molecule has 1 unspecified atom stereocenters. The third kappa shape index (κ3) is 4.55. The van der Waals surface area contributed by atoms with Crippen LogP contribution >= 0.6 is 11.8 Å². The molecule has 1 rings (SSSR count). The summed E-state index contributed by atoms with van der Waals surface area (Å²) in [6, 6.07) is -0.386. The zero-order valence-electron chi connectivity index (χ0n) is 10.4. The number of carboxylic acids is 1. The van der Waals surface area contributed by atoms with Gasteiger partial charge in [0, 0.05) is 38.6 Å². The van der Waals surface area contributed by atoms with Gasteiger partial charge in [-0.3, -0.25) is 14.5 Å². The van der Waals surface area contributed by atoms with E-state index in [0.717, 1.165) is 18.7 Å². The van der Waals surface area contributed by atoms with Gasteiger partial charge in [0.1, 0.15) is 6.04 Å². The van der Waals surface area contributed by atoms with Crippen LogP contribution in [-0.4, -0.2) is 71.5 Å². The lowest BCUT2D eigenvalue weighted by atomic mass is 10.2. The van der Waals surface area contributed by atoms with E-state index in [9.17, 15) is 9.59 Å². The van der Waals surface area contributed by atoms with Gasteiger partial charge in [-0.15, -0.1) is 0 Å². The first-order chi connectivity index (χ1) is 8.02. The summed E-state index contributed by atoms with van der Waals surface area (Å²) >= 11 is 1.68. The van der Waals surface area contributed by atoms with Crippen molar-refractivity contribution < 1.29 is 14.7 Å². The largest absolute Gasteiger partial charge is 0.480 e. The Morgan fingerprint density at radius 3 is 2.76 bits per heavy atom. The van der Waals surface area contributed by atoms with Crippen molar-refractivity contribution in [2.75, 3.05) is 38.7 Å². The molecule has 17 heavy (non-hydrogen) atoms. The van der Waals surface area contributed by atoms with Crippen molar-refractivity contribution in [3.63, 3.8) is 0 Å². The molecule has 0 aliphatic carbocycles. The molecule has 0 aromatic rings. The van der Waals surface area contributed by atoms with E-state index in [0.29, 0.717) is 18.7 Å². The molecule has 0 bridgehead atoms. The number of aliphatic carboxylic acids is 1. The van der Waals surface area contributed by atoms with Crippen LogP contribution in [0.3, 0.4) is 0 Å². The van der Waals surface area contributed by atoms with Crippen molar-refractivity contribution in [3.8, 4) is 0 Å². The normalized spacial score (nSPS) is 21.2. The number of hydrogen-bond donors (Lipinski definition) is 1. The van der Waals surface area contributed by atoms with E-state index in [1.54, 1.807) is 30.8 Å². The van der Waals surface area contributed by atoms with E-state index < -0.39 is 5.97 Å². The Bertz CT molecular complexity index is 284. The quantitative estimate of drug-likeness (QED) is 0.773. The van der Waals surface area contributed by atoms with Crippen molar-refractivity contribution in [2.45, 2.75) is 18.9 Å². The molecule has 1 fully saturated rings. The van der Waals surface area contributed by atoms with E-state index in [2.05, 4.69) is 0 Å². The number of nitrogens with zero attached hydrogens (tertiary/aromatic N) is 2. The third-order valence-corrected chi connectivity index (χ3v) is 3.88. The van der Waals surface area contributed by atoms with Gasteiger partial charge in [0.15, 0.2) is 0 Å². The Balaban J connectivity index is 2.33. The zero-order valence-corrected chi connectivity index (χ0v) is 11.2. The molecule has 0 spiro atoms. The summed E-state index contributed by atoms with van der Waals surface area (Å²) in [5.74, 6) is 0.974. The van der Waals surface area contributed by atoms with E-state index in [1.807, 2.05) is 4.90 Å². The number of amides is 1. The molecule has 0 aromatic heterocycles. The molecule has 1 N–H and O–H groups in total. The Labute approximate surface area is 106 Å². The molecule has 1 atom stereocenters. The second kappa shape index (κ2) is 6.86. The van der Waals surface area contributed by atoms with Crippen LogP contribution in [0.15, 0.2) is 0 Å². The summed E-state index contributed by atoms with van der Waals surface area (Å²) < 4.78 is 0. The standard InChI is InChI=1S/C11H20N2O3S/c1-12(2)10(14)4-3-5-13-6-7-17-8-9(13)11(15)16/h9H,3-8H2,1-2H3,(H,15,16). The minimum Gasteiger partial charge on any atom is -0.480 e. The van der Waals surface area contributed by atoms with Gasteiger partial charge in [-0.2, -0.15) is 11.8 Å². The lowest BCUT2D eigenvalue weighted by Crippen LogP contribution is -2.47. The summed E-state index contributed by atoms with van der Waals surface area (Å²) in [7, 11) is 3.47. The Hall–Kier alpha value is -0.750. The SMILES string of the molecule is CN(C)C(=O)CCCN1CCSCC1C(=O)O. The average Bonchev–Trinajstić information content (AvgIpc) is 2.29. The predicted molar refractivity (Wildman–Crippen MR) is 68.2 cm³/mol. The highest BCUT2D eigenvalue weighted by molar-refractivity contribution is 7.99. The first-order valence-electron chi connectivity index (χ1n) is 5.77. The predicted octanol–water partition coefficient (Wildman–Crippen LogP) is 0.357. The van der Waals surface area contributed by atoms with E-state index in [1.165, 1.54) is 0 Å². The van der Waals surface area contributed by atoms with E-state index >= 15 is 0 Å². The molecule has 1 aliphatic heterocycles. The summed E-state index contributed by atoms with van der Waals surface area (Å²) in [5.41, 5.74) is 0. The van der Waals surface area contributed by atoms with Crippen LogP contribution < -0.4 is 0 Å². The number of carbonyl (C=O) groups is 2. The maximum Gasteiger partial charge on any atom is 0.321 e. The number of thioether (sulfide) groups is 1. The monoisotopic (exact) mass is 260 g/mol. The van der Waals surface area contributed by atoms with Crippen LogP contribution in [0.4, 0.5) is 0 Å². The Morgan fingerprint density at radius 2 is 2.18 bits per heavy atom. The molecule has 0 aromatic carbocycles. The Kier molecular flexibility index (Phi) is 5.77. The summed E-state index contributed by atoms with van der Waals surface area (Å²) in [6.45, 7) is 1.49. The molecule has 1 heterocycles. The second-order valence-corrected chi connectivity index (χ2v) is 5.51. The van der Waals surface area contributed by atoms with Gasteiger partial charge in [0.2, 0.25) is 5.91 Å². The van der Waals surface area contributed by atoms with Crippen LogP contribution in [0.25, 0.3) is 0 Å². The molecular formula is C11H20N2O3S. The van der Waals surface area contributed by atoms with Crippen molar-refractivity contribution in [1.82, 2.24) is 9.80 Å². The fourth-order valence-electron chi connectivity index (χ4n) is 1.79. The van der Waals surface area contributed by atoms with Gasteiger partial charge in [-0.1, -0.05) is 0 Å². The molecule has 0 saturated carbocycles. The first kappa shape index (κ1) is 14.3. The maximum atomic E-state index is 11.4. The van der Waals surface area contributed by atoms with Crippen molar-refractivity contribution in [2.24, 2.45) is 0 Å². The minimum absolute atomic E-state index is 0.100. The Morgan fingerprint density at radius 1 is 1.47 bits per heavy atom. The van der Waals surface area contributed by atoms with E-state index in [4.69, 9.17) is 5.11 Å². The van der Waals surface area contributed by atoms with Crippen molar-refractivity contribution in [1.29, 1.82) is 0 Å². The number of hydrogen-bond acceptors (Lipinski definition) is 4. The summed E-state index contributed by atoms with van der Waals surface area (Å²) in [5, 5.41) is 9.08. The molecule has 6 heteroatoms. The fourth-order valence-corrected chi connectivity index (χ4v) is 2.90. The topological polar surface area (TPSA) is 60.9 Å². The molecule has 98 valence electrons. The highest BCUT2D eigenvalue weighted by Crippen LogP contribution is 2.17. The number of carbonyl (C=O) groups excluding carboxylic acids is 1. The highest BCUT2D eigenvalue weighted by Gasteiger charge is 2.28. The maximum absolute atomic E-state index is 11.4. The van der Waals surface area contributed by atoms with Crippen LogP contribution in [-0.2, 0) is 9.59 Å². The van der Waals surface area contributed by atoms with Gasteiger partial charge >= 0.3 is 5.97 Å². The van der Waals surface area contributed by atoms with Crippen LogP contribution in [0.1, 0.15) is 12.8 Å². The van der Waals surface area contributed by atoms with Crippen LogP contribution in [0, 0.1) is 0 Å². The number of carboxylic acid groups (broad SMARTS) is 1. The lowest BCUT2D eigenvalue weighted by Gasteiger charge is -2.32. The smallest absolute Gasteiger partial charge is 0.321 e. The molecule has 0 radical (unpaired) electrons.